The number of nitrogens with zero attached hydrogens (tertiary/aromatic N) is 3. The lowest BCUT2D eigenvalue weighted by Gasteiger charge is -2.41. The van der Waals surface area contributed by atoms with Crippen LogP contribution in [-0.2, 0) is 10.3 Å². The molecule has 0 spiro atoms. The number of piperidine rings is 2. The molecular formula is C19H29N3O3. The fourth-order valence-electron chi connectivity index (χ4n) is 3.95. The van der Waals surface area contributed by atoms with Crippen molar-refractivity contribution in [3.8, 4) is 0 Å². The zero-order valence-electron chi connectivity index (χ0n) is 14.9. The van der Waals surface area contributed by atoms with Gasteiger partial charge in [0.15, 0.2) is 0 Å². The first-order valence-corrected chi connectivity index (χ1v) is 9.44. The summed E-state index contributed by atoms with van der Waals surface area (Å²) < 4.78 is 6.39. The van der Waals surface area contributed by atoms with Crippen LogP contribution < -0.4 is 0 Å². The van der Waals surface area contributed by atoms with Crippen LogP contribution in [0.2, 0.25) is 0 Å². The summed E-state index contributed by atoms with van der Waals surface area (Å²) in [5, 5.41) is 9.20. The van der Waals surface area contributed by atoms with Gasteiger partial charge in [-0.1, -0.05) is 12.5 Å². The molecule has 1 aromatic rings. The highest BCUT2D eigenvalue weighted by Crippen LogP contribution is 2.36. The van der Waals surface area contributed by atoms with Crippen LogP contribution in [0, 0.1) is 0 Å². The molecule has 1 aromatic heterocycles. The first-order valence-electron chi connectivity index (χ1n) is 9.44. The normalized spacial score (nSPS) is 21.2. The molecule has 0 unspecified atom stereocenters. The van der Waals surface area contributed by atoms with E-state index >= 15 is 0 Å². The topological polar surface area (TPSA) is 65.9 Å². The molecule has 2 saturated heterocycles. The molecule has 3 heterocycles. The van der Waals surface area contributed by atoms with Crippen molar-refractivity contribution >= 4 is 6.09 Å². The summed E-state index contributed by atoms with van der Waals surface area (Å²) in [4.78, 5) is 19.4. The van der Waals surface area contributed by atoms with Crippen molar-refractivity contribution in [1.29, 1.82) is 0 Å². The number of pyridine rings is 1. The average Bonchev–Trinajstić information content (AvgIpc) is 2.67. The Balaban J connectivity index is 1.57. The zero-order chi connectivity index (χ0) is 17.5. The van der Waals surface area contributed by atoms with E-state index in [4.69, 9.17) is 4.74 Å². The van der Waals surface area contributed by atoms with Crippen molar-refractivity contribution in [3.63, 3.8) is 0 Å². The fraction of sp³-hybridized carbons (Fsp3) is 0.684. The highest BCUT2D eigenvalue weighted by Gasteiger charge is 2.38. The zero-order valence-corrected chi connectivity index (χ0v) is 14.9. The number of rotatable bonds is 6. The molecule has 1 amide bonds. The maximum atomic E-state index is 11.2. The molecule has 0 bridgehead atoms. The Morgan fingerprint density at radius 3 is 2.60 bits per heavy atom. The van der Waals surface area contributed by atoms with Crippen LogP contribution in [0.25, 0.3) is 0 Å². The number of carbonyl (C=O) groups is 1. The minimum Gasteiger partial charge on any atom is -0.465 e. The Morgan fingerprint density at radius 2 is 1.96 bits per heavy atom. The standard InChI is InChI=1S/C19H29N3O3/c23-18(24)22-13-7-19(8-14-22,17-6-4-9-20-16-17)25-15-5-12-21-10-2-1-3-11-21/h4,6,9,16H,1-3,5,7-8,10-15H2,(H,23,24). The van der Waals surface area contributed by atoms with Crippen molar-refractivity contribution < 1.29 is 14.6 Å². The van der Waals surface area contributed by atoms with E-state index in [2.05, 4.69) is 9.88 Å². The van der Waals surface area contributed by atoms with E-state index in [1.54, 1.807) is 6.20 Å². The van der Waals surface area contributed by atoms with Crippen LogP contribution in [0.1, 0.15) is 44.1 Å². The number of amides is 1. The van der Waals surface area contributed by atoms with Crippen LogP contribution in [0.4, 0.5) is 4.79 Å². The molecule has 6 nitrogen and oxygen atoms in total. The summed E-state index contributed by atoms with van der Waals surface area (Å²) in [6.07, 6.45) is 9.16. The number of aromatic nitrogens is 1. The summed E-state index contributed by atoms with van der Waals surface area (Å²) in [5.41, 5.74) is 0.667. The van der Waals surface area contributed by atoms with Crippen molar-refractivity contribution in [2.24, 2.45) is 0 Å². The Hall–Kier alpha value is -1.66. The Labute approximate surface area is 149 Å². The van der Waals surface area contributed by atoms with Gasteiger partial charge in [0.25, 0.3) is 0 Å². The van der Waals surface area contributed by atoms with Crippen LogP contribution in [-0.4, -0.2) is 65.3 Å². The minimum atomic E-state index is -0.843. The summed E-state index contributed by atoms with van der Waals surface area (Å²) in [7, 11) is 0. The fourth-order valence-corrected chi connectivity index (χ4v) is 3.95. The molecule has 0 saturated carbocycles. The van der Waals surface area contributed by atoms with E-state index in [0.29, 0.717) is 32.5 Å². The van der Waals surface area contributed by atoms with Gasteiger partial charge >= 0.3 is 6.09 Å². The van der Waals surface area contributed by atoms with E-state index in [1.807, 2.05) is 18.3 Å². The first kappa shape index (κ1) is 18.1. The number of likely N-dealkylation sites (tertiary alicyclic amines) is 2. The quantitative estimate of drug-likeness (QED) is 0.802. The molecule has 1 N–H and O–H groups in total. The number of hydrogen-bond donors (Lipinski definition) is 1. The second kappa shape index (κ2) is 8.63. The van der Waals surface area contributed by atoms with E-state index in [-0.39, 0.29) is 0 Å². The van der Waals surface area contributed by atoms with Crippen molar-refractivity contribution in [3.05, 3.63) is 30.1 Å². The Morgan fingerprint density at radius 1 is 1.20 bits per heavy atom. The lowest BCUT2D eigenvalue weighted by Crippen LogP contribution is -2.46. The van der Waals surface area contributed by atoms with Crippen molar-refractivity contribution in [2.75, 3.05) is 39.3 Å². The van der Waals surface area contributed by atoms with E-state index in [9.17, 15) is 9.90 Å². The van der Waals surface area contributed by atoms with Crippen LogP contribution in [0.3, 0.4) is 0 Å². The summed E-state index contributed by atoms with van der Waals surface area (Å²) in [6, 6.07) is 3.98. The number of hydrogen-bond acceptors (Lipinski definition) is 4. The molecule has 3 rings (SSSR count). The first-order chi connectivity index (χ1) is 12.2. The maximum absolute atomic E-state index is 11.2. The van der Waals surface area contributed by atoms with Crippen LogP contribution >= 0.6 is 0 Å². The maximum Gasteiger partial charge on any atom is 0.407 e. The summed E-state index contributed by atoms with van der Waals surface area (Å²) >= 11 is 0. The minimum absolute atomic E-state index is 0.401. The van der Waals surface area contributed by atoms with Gasteiger partial charge in [-0.2, -0.15) is 0 Å². The predicted octanol–water partition coefficient (Wildman–Crippen LogP) is 2.94. The van der Waals surface area contributed by atoms with Gasteiger partial charge < -0.3 is 19.6 Å². The second-order valence-electron chi connectivity index (χ2n) is 7.11. The Kier molecular flexibility index (Phi) is 6.26. The molecule has 2 fully saturated rings. The van der Waals surface area contributed by atoms with Gasteiger partial charge in [0.2, 0.25) is 0 Å². The van der Waals surface area contributed by atoms with Gasteiger partial charge in [0.1, 0.15) is 0 Å². The number of carboxylic acid groups (broad SMARTS) is 1. The number of ether oxygens (including phenoxy) is 1. The van der Waals surface area contributed by atoms with Crippen molar-refractivity contribution in [2.45, 2.75) is 44.1 Å². The molecule has 2 aliphatic rings. The van der Waals surface area contributed by atoms with Gasteiger partial charge in [-0.15, -0.1) is 0 Å². The highest BCUT2D eigenvalue weighted by molar-refractivity contribution is 5.65. The Bertz CT molecular complexity index is 538. The van der Waals surface area contributed by atoms with Gasteiger partial charge in [-0.05, 0) is 51.3 Å². The molecular weight excluding hydrogens is 318 g/mol. The smallest absolute Gasteiger partial charge is 0.407 e. The predicted molar refractivity (Wildman–Crippen MR) is 95.6 cm³/mol. The second-order valence-corrected chi connectivity index (χ2v) is 7.11. The van der Waals surface area contributed by atoms with E-state index in [1.165, 1.54) is 37.3 Å². The lowest BCUT2D eigenvalue weighted by atomic mass is 9.85. The third-order valence-electron chi connectivity index (χ3n) is 5.47. The summed E-state index contributed by atoms with van der Waals surface area (Å²) in [5.74, 6) is 0. The lowest BCUT2D eigenvalue weighted by molar-refractivity contribution is -0.0885. The third kappa shape index (κ3) is 4.70. The van der Waals surface area contributed by atoms with Gasteiger partial charge in [-0.3, -0.25) is 4.98 Å². The highest BCUT2D eigenvalue weighted by atomic mass is 16.5. The average molecular weight is 347 g/mol. The SMILES string of the molecule is O=C(O)N1CCC(OCCCN2CCCCC2)(c2cccnc2)CC1. The van der Waals surface area contributed by atoms with Gasteiger partial charge in [0.05, 0.1) is 5.60 Å². The molecule has 0 aliphatic carbocycles. The van der Waals surface area contributed by atoms with Crippen LogP contribution in [0.15, 0.2) is 24.5 Å². The molecule has 6 heteroatoms. The van der Waals surface area contributed by atoms with E-state index < -0.39 is 11.7 Å². The molecule has 0 aromatic carbocycles. The van der Waals surface area contributed by atoms with Gasteiger partial charge in [-0.25, -0.2) is 4.79 Å². The van der Waals surface area contributed by atoms with Gasteiger partial charge in [0, 0.05) is 44.2 Å². The summed E-state index contributed by atoms with van der Waals surface area (Å²) in [6.45, 7) is 5.23. The molecule has 0 radical (unpaired) electrons. The van der Waals surface area contributed by atoms with Crippen LogP contribution in [0.5, 0.6) is 0 Å². The molecule has 0 atom stereocenters. The van der Waals surface area contributed by atoms with Crippen molar-refractivity contribution in [1.82, 2.24) is 14.8 Å². The molecule has 25 heavy (non-hydrogen) atoms. The molecule has 2 aliphatic heterocycles. The largest absolute Gasteiger partial charge is 0.465 e. The molecule has 138 valence electrons. The monoisotopic (exact) mass is 347 g/mol. The van der Waals surface area contributed by atoms with E-state index in [0.717, 1.165) is 18.5 Å². The third-order valence-corrected chi connectivity index (χ3v) is 5.47.